The molecule has 0 atom stereocenters. The molecule has 0 aliphatic carbocycles. The monoisotopic (exact) mass is 270 g/mol. The molecule has 0 radical (unpaired) electrons. The number of nitrogens with zero attached hydrogens (tertiary/aromatic N) is 4. The zero-order valence-electron chi connectivity index (χ0n) is 10.4. The maximum Gasteiger partial charge on any atom is 0.272 e. The van der Waals surface area contributed by atoms with Gasteiger partial charge in [-0.15, -0.1) is 0 Å². The second kappa shape index (κ2) is 5.49. The Bertz CT molecular complexity index is 447. The first kappa shape index (κ1) is 13.0. The second-order valence-corrected chi connectivity index (χ2v) is 4.52. The van der Waals surface area contributed by atoms with E-state index in [4.69, 9.17) is 16.3 Å². The Morgan fingerprint density at radius 3 is 2.67 bits per heavy atom. The minimum atomic E-state index is -0.186. The van der Waals surface area contributed by atoms with Crippen LogP contribution in [0.1, 0.15) is 10.5 Å². The molecule has 6 nitrogen and oxygen atoms in total. The molecule has 0 spiro atoms. The van der Waals surface area contributed by atoms with E-state index in [2.05, 4.69) is 9.97 Å². The van der Waals surface area contributed by atoms with Gasteiger partial charge in [-0.05, 0) is 11.6 Å². The number of carbonyl (C=O) groups is 1. The lowest BCUT2D eigenvalue weighted by molar-refractivity contribution is 0.0821. The maximum absolute atomic E-state index is 11.9. The van der Waals surface area contributed by atoms with Gasteiger partial charge in [-0.2, -0.15) is 0 Å². The Morgan fingerprint density at radius 1 is 1.39 bits per heavy atom. The summed E-state index contributed by atoms with van der Waals surface area (Å²) in [7, 11) is 3.35. The molecule has 0 aromatic carbocycles. The van der Waals surface area contributed by atoms with Gasteiger partial charge in [0.1, 0.15) is 11.5 Å². The first-order chi connectivity index (χ1) is 8.58. The summed E-state index contributed by atoms with van der Waals surface area (Å²) >= 11 is 5.87. The molecule has 1 fully saturated rings. The van der Waals surface area contributed by atoms with E-state index in [1.165, 1.54) is 4.90 Å². The first-order valence-electron chi connectivity index (χ1n) is 5.67. The molecule has 0 unspecified atom stereocenters. The zero-order chi connectivity index (χ0) is 13.1. The lowest BCUT2D eigenvalue weighted by Gasteiger charge is -2.28. The summed E-state index contributed by atoms with van der Waals surface area (Å²) in [4.78, 5) is 23.5. The van der Waals surface area contributed by atoms with Crippen LogP contribution >= 0.6 is 11.6 Å². The highest BCUT2D eigenvalue weighted by Gasteiger charge is 2.18. The van der Waals surface area contributed by atoms with Gasteiger partial charge in [-0.25, -0.2) is 9.97 Å². The molecule has 1 aliphatic heterocycles. The molecule has 2 rings (SSSR count). The molecule has 1 aromatic heterocycles. The lowest BCUT2D eigenvalue weighted by atomic mass is 10.3. The minimum Gasteiger partial charge on any atom is -0.378 e. The third-order valence-corrected chi connectivity index (χ3v) is 2.81. The van der Waals surface area contributed by atoms with E-state index in [0.29, 0.717) is 24.7 Å². The number of anilines is 1. The molecule has 18 heavy (non-hydrogen) atoms. The molecule has 0 bridgehead atoms. The van der Waals surface area contributed by atoms with Gasteiger partial charge in [0.25, 0.3) is 5.91 Å². The SMILES string of the molecule is CN(C)C(=O)c1cc(N2CCOCC2)nc(Cl)n1. The number of ether oxygens (including phenoxy) is 1. The van der Waals surface area contributed by atoms with E-state index in [-0.39, 0.29) is 11.2 Å². The van der Waals surface area contributed by atoms with Gasteiger partial charge in [0.2, 0.25) is 5.28 Å². The van der Waals surface area contributed by atoms with Crippen molar-refractivity contribution in [3.05, 3.63) is 17.0 Å². The largest absolute Gasteiger partial charge is 0.378 e. The Labute approximate surface area is 111 Å². The van der Waals surface area contributed by atoms with Crippen molar-refractivity contribution in [3.8, 4) is 0 Å². The molecule has 2 heterocycles. The molecule has 1 amide bonds. The smallest absolute Gasteiger partial charge is 0.272 e. The third-order valence-electron chi connectivity index (χ3n) is 2.65. The summed E-state index contributed by atoms with van der Waals surface area (Å²) in [6.07, 6.45) is 0. The molecule has 98 valence electrons. The van der Waals surface area contributed by atoms with E-state index in [9.17, 15) is 4.79 Å². The van der Waals surface area contributed by atoms with Gasteiger partial charge in [0.05, 0.1) is 13.2 Å². The molecule has 7 heteroatoms. The van der Waals surface area contributed by atoms with Crippen molar-refractivity contribution in [2.75, 3.05) is 45.3 Å². The molecular formula is C11H15ClN4O2. The summed E-state index contributed by atoms with van der Waals surface area (Å²) in [5.41, 5.74) is 0.307. The van der Waals surface area contributed by atoms with Gasteiger partial charge in [-0.1, -0.05) is 0 Å². The van der Waals surface area contributed by atoms with Crippen LogP contribution in [0.3, 0.4) is 0 Å². The van der Waals surface area contributed by atoms with Crippen molar-refractivity contribution in [1.82, 2.24) is 14.9 Å². The van der Waals surface area contributed by atoms with Crippen molar-refractivity contribution in [2.45, 2.75) is 0 Å². The highest BCUT2D eigenvalue weighted by Crippen LogP contribution is 2.17. The lowest BCUT2D eigenvalue weighted by Crippen LogP contribution is -2.37. The summed E-state index contributed by atoms with van der Waals surface area (Å²) < 4.78 is 5.27. The van der Waals surface area contributed by atoms with Gasteiger partial charge >= 0.3 is 0 Å². The Kier molecular flexibility index (Phi) is 3.98. The summed E-state index contributed by atoms with van der Waals surface area (Å²) in [6.45, 7) is 2.78. The number of morpholine rings is 1. The number of carbonyl (C=O) groups excluding carboxylic acids is 1. The fourth-order valence-electron chi connectivity index (χ4n) is 1.70. The van der Waals surface area contributed by atoms with Crippen molar-refractivity contribution >= 4 is 23.3 Å². The van der Waals surface area contributed by atoms with Crippen molar-refractivity contribution < 1.29 is 9.53 Å². The van der Waals surface area contributed by atoms with Gasteiger partial charge in [-0.3, -0.25) is 4.79 Å². The van der Waals surface area contributed by atoms with Crippen molar-refractivity contribution in [1.29, 1.82) is 0 Å². The standard InChI is InChI=1S/C11H15ClN4O2/c1-15(2)10(17)8-7-9(14-11(12)13-8)16-3-5-18-6-4-16/h7H,3-6H2,1-2H3. The topological polar surface area (TPSA) is 58.6 Å². The van der Waals surface area contributed by atoms with E-state index in [1.807, 2.05) is 4.90 Å². The highest BCUT2D eigenvalue weighted by molar-refractivity contribution is 6.28. The van der Waals surface area contributed by atoms with Crippen LogP contribution in [0.25, 0.3) is 0 Å². The number of aromatic nitrogens is 2. The van der Waals surface area contributed by atoms with Crippen LogP contribution in [-0.2, 0) is 4.74 Å². The molecule has 0 saturated carbocycles. The van der Waals surface area contributed by atoms with Gasteiger partial charge in [0.15, 0.2) is 0 Å². The fraction of sp³-hybridized carbons (Fsp3) is 0.545. The molecular weight excluding hydrogens is 256 g/mol. The van der Waals surface area contributed by atoms with Crippen LogP contribution in [0.15, 0.2) is 6.07 Å². The Morgan fingerprint density at radius 2 is 2.06 bits per heavy atom. The van der Waals surface area contributed by atoms with E-state index >= 15 is 0 Å². The molecule has 1 saturated heterocycles. The normalized spacial score (nSPS) is 15.6. The van der Waals surface area contributed by atoms with Crippen molar-refractivity contribution in [3.63, 3.8) is 0 Å². The predicted octanol–water partition coefficient (Wildman–Crippen LogP) is 0.668. The minimum absolute atomic E-state index is 0.0872. The van der Waals surface area contributed by atoms with Crippen LogP contribution in [0.2, 0.25) is 5.28 Å². The molecule has 0 N–H and O–H groups in total. The van der Waals surface area contributed by atoms with Crippen LogP contribution in [0, 0.1) is 0 Å². The number of amides is 1. The van der Waals surface area contributed by atoms with Crippen LogP contribution in [0.4, 0.5) is 5.82 Å². The van der Waals surface area contributed by atoms with Crippen LogP contribution in [0.5, 0.6) is 0 Å². The molecule has 1 aromatic rings. The third kappa shape index (κ3) is 2.88. The average Bonchev–Trinajstić information content (AvgIpc) is 2.38. The number of hydrogen-bond donors (Lipinski definition) is 0. The van der Waals surface area contributed by atoms with Crippen molar-refractivity contribution in [2.24, 2.45) is 0 Å². The summed E-state index contributed by atoms with van der Waals surface area (Å²) in [6, 6.07) is 1.67. The Hall–Kier alpha value is -1.40. The van der Waals surface area contributed by atoms with E-state index in [1.54, 1.807) is 20.2 Å². The molecule has 1 aliphatic rings. The van der Waals surface area contributed by atoms with E-state index in [0.717, 1.165) is 13.1 Å². The number of hydrogen-bond acceptors (Lipinski definition) is 5. The van der Waals surface area contributed by atoms with Gasteiger partial charge < -0.3 is 14.5 Å². The first-order valence-corrected chi connectivity index (χ1v) is 6.04. The van der Waals surface area contributed by atoms with Crippen LogP contribution < -0.4 is 4.90 Å². The predicted molar refractivity (Wildman–Crippen MR) is 68.1 cm³/mol. The number of halogens is 1. The highest BCUT2D eigenvalue weighted by atomic mass is 35.5. The summed E-state index contributed by atoms with van der Waals surface area (Å²) in [5.74, 6) is 0.484. The average molecular weight is 271 g/mol. The van der Waals surface area contributed by atoms with Crippen LogP contribution in [-0.4, -0.2) is 61.2 Å². The Balaban J connectivity index is 2.28. The zero-order valence-corrected chi connectivity index (χ0v) is 11.1. The quantitative estimate of drug-likeness (QED) is 0.739. The maximum atomic E-state index is 11.9. The number of rotatable bonds is 2. The summed E-state index contributed by atoms with van der Waals surface area (Å²) in [5, 5.41) is 0.0872. The van der Waals surface area contributed by atoms with E-state index < -0.39 is 0 Å². The fourth-order valence-corrected chi connectivity index (χ4v) is 1.88. The second-order valence-electron chi connectivity index (χ2n) is 4.18. The van der Waals surface area contributed by atoms with Gasteiger partial charge in [0, 0.05) is 33.3 Å².